The fraction of sp³-hybridized carbons (Fsp3) is 0.469. The van der Waals surface area contributed by atoms with Crippen molar-refractivity contribution >= 4 is 28.2 Å². The molecule has 8 nitrogen and oxygen atoms in total. The molecule has 3 N–H and O–H groups in total. The molecule has 3 aromatic rings. The van der Waals surface area contributed by atoms with Gasteiger partial charge in [-0.05, 0) is 68.0 Å². The molecule has 0 unspecified atom stereocenters. The molecule has 0 bridgehead atoms. The van der Waals surface area contributed by atoms with Crippen LogP contribution in [-0.2, 0) is 11.3 Å². The molecule has 1 saturated heterocycles. The summed E-state index contributed by atoms with van der Waals surface area (Å²) >= 11 is 0. The molecule has 236 valence electrons. The third kappa shape index (κ3) is 7.76. The third-order valence-electron chi connectivity index (χ3n) is 8.17. The molecule has 0 spiro atoms. The van der Waals surface area contributed by atoms with Crippen LogP contribution < -0.4 is 20.7 Å². The van der Waals surface area contributed by atoms with Crippen LogP contribution in [0.2, 0.25) is 0 Å². The molecule has 2 aromatic carbocycles. The number of anilines is 2. The second kappa shape index (κ2) is 14.2. The van der Waals surface area contributed by atoms with E-state index >= 15 is 0 Å². The Labute approximate surface area is 254 Å². The molecule has 2 aliphatic rings. The summed E-state index contributed by atoms with van der Waals surface area (Å²) in [7, 11) is 1.48. The Balaban J connectivity index is 1.32. The maximum atomic E-state index is 13.7. The number of carbonyl (C=O) groups excluding carboxylic acids is 1. The van der Waals surface area contributed by atoms with Crippen LogP contribution in [0, 0.1) is 11.8 Å². The quantitative estimate of drug-likeness (QED) is 0.222. The summed E-state index contributed by atoms with van der Waals surface area (Å²) < 4.78 is 65.6. The maximum Gasteiger partial charge on any atom is 0.406 e. The molecule has 1 aliphatic heterocycles. The Kier molecular flexibility index (Phi) is 10.2. The zero-order chi connectivity index (χ0) is 31.1. The van der Waals surface area contributed by atoms with Crippen molar-refractivity contribution in [3.8, 4) is 17.6 Å². The van der Waals surface area contributed by atoms with E-state index in [0.29, 0.717) is 28.2 Å². The number of aromatic nitrogens is 1. The molecule has 0 radical (unpaired) electrons. The van der Waals surface area contributed by atoms with Crippen molar-refractivity contribution < 1.29 is 31.8 Å². The molecule has 1 amide bonds. The Morgan fingerprint density at radius 1 is 1.07 bits per heavy atom. The number of benzene rings is 2. The molecular weight excluding hydrogens is 578 g/mol. The van der Waals surface area contributed by atoms with E-state index in [-0.39, 0.29) is 29.9 Å². The number of nitrogens with one attached hydrogen (secondary N) is 3. The Bertz CT molecular complexity index is 1500. The number of hydrogen-bond donors (Lipinski definition) is 3. The van der Waals surface area contributed by atoms with Crippen molar-refractivity contribution in [1.29, 1.82) is 0 Å². The minimum atomic E-state index is -4.44. The average molecular weight is 616 g/mol. The van der Waals surface area contributed by atoms with Gasteiger partial charge in [0.15, 0.2) is 0 Å². The SMILES string of the molecule is CNC(=O)c1ccc(NCC#Cc2cc3c(NC4CCC(N5CCOCC5)CC4)cccc3n2CC(F)(F)F)c(OCF)c1. The Hall–Kier alpha value is -3.95. The molecule has 0 atom stereocenters. The molecular formula is C32H37F4N5O3. The Morgan fingerprint density at radius 2 is 1.84 bits per heavy atom. The van der Waals surface area contributed by atoms with Crippen molar-refractivity contribution in [2.45, 2.75) is 50.5 Å². The van der Waals surface area contributed by atoms with Gasteiger partial charge in [0.05, 0.1) is 36.7 Å². The van der Waals surface area contributed by atoms with Crippen LogP contribution in [0.25, 0.3) is 10.9 Å². The molecule has 2 fully saturated rings. The maximum absolute atomic E-state index is 13.7. The largest absolute Gasteiger partial charge is 0.461 e. The van der Waals surface area contributed by atoms with Gasteiger partial charge in [0.2, 0.25) is 6.86 Å². The topological polar surface area (TPSA) is 79.8 Å². The first kappa shape index (κ1) is 31.5. The summed E-state index contributed by atoms with van der Waals surface area (Å²) in [5, 5.41) is 9.78. The molecule has 1 saturated carbocycles. The lowest BCUT2D eigenvalue weighted by atomic mass is 9.89. The van der Waals surface area contributed by atoms with E-state index in [1.165, 1.54) is 17.7 Å². The van der Waals surface area contributed by atoms with Crippen molar-refractivity contribution in [3.05, 3.63) is 53.7 Å². The number of rotatable bonds is 9. The van der Waals surface area contributed by atoms with Gasteiger partial charge in [-0.25, -0.2) is 4.39 Å². The third-order valence-corrected chi connectivity index (χ3v) is 8.17. The highest BCUT2D eigenvalue weighted by Gasteiger charge is 2.31. The van der Waals surface area contributed by atoms with Gasteiger partial charge < -0.3 is 30.0 Å². The molecule has 1 aromatic heterocycles. The first-order valence-electron chi connectivity index (χ1n) is 14.8. The van der Waals surface area contributed by atoms with Gasteiger partial charge in [-0.2, -0.15) is 13.2 Å². The number of nitrogens with zero attached hydrogens (tertiary/aromatic N) is 2. The summed E-state index contributed by atoms with van der Waals surface area (Å²) in [5.41, 5.74) is 2.17. The van der Waals surface area contributed by atoms with Gasteiger partial charge >= 0.3 is 6.18 Å². The lowest BCUT2D eigenvalue weighted by Crippen LogP contribution is -2.46. The zero-order valence-electron chi connectivity index (χ0n) is 24.6. The van der Waals surface area contributed by atoms with Crippen LogP contribution in [0.5, 0.6) is 5.75 Å². The van der Waals surface area contributed by atoms with E-state index in [1.807, 2.05) is 6.07 Å². The standard InChI is InChI=1S/C32H37F4N5O3/c1-37-31(42)22-7-12-28(30(18-22)44-21-33)38-13-3-4-25-19-26-27(5-2-6-29(26)41(25)20-32(34,35)36)39-23-8-10-24(11-9-23)40-14-16-43-17-15-40/h2,5-7,12,18-19,23-24,38-39H,8-11,13-17,20-21H2,1H3,(H,37,42). The van der Waals surface area contributed by atoms with Gasteiger partial charge in [0.1, 0.15) is 12.3 Å². The van der Waals surface area contributed by atoms with Crippen LogP contribution >= 0.6 is 0 Å². The molecule has 1 aliphatic carbocycles. The zero-order valence-corrected chi connectivity index (χ0v) is 24.6. The fourth-order valence-electron chi connectivity index (χ4n) is 6.02. The second-order valence-electron chi connectivity index (χ2n) is 11.0. The molecule has 2 heterocycles. The van der Waals surface area contributed by atoms with Crippen molar-refractivity contribution in [1.82, 2.24) is 14.8 Å². The number of hydrogen-bond acceptors (Lipinski definition) is 6. The summed E-state index contributed by atoms with van der Waals surface area (Å²) in [6.45, 7) is 1.26. The van der Waals surface area contributed by atoms with Gasteiger partial charge in [0.25, 0.3) is 5.91 Å². The van der Waals surface area contributed by atoms with Crippen LogP contribution in [0.4, 0.5) is 28.9 Å². The number of halogens is 4. The smallest absolute Gasteiger partial charge is 0.406 e. The van der Waals surface area contributed by atoms with Crippen LogP contribution in [0.3, 0.4) is 0 Å². The van der Waals surface area contributed by atoms with E-state index in [4.69, 9.17) is 9.47 Å². The summed E-state index contributed by atoms with van der Waals surface area (Å²) in [4.78, 5) is 14.4. The minimum absolute atomic E-state index is 0.0486. The normalized spacial score (nSPS) is 19.2. The van der Waals surface area contributed by atoms with Gasteiger partial charge in [0, 0.05) is 48.9 Å². The lowest BCUT2D eigenvalue weighted by molar-refractivity contribution is -0.140. The number of morpholine rings is 1. The first-order valence-corrected chi connectivity index (χ1v) is 14.8. The summed E-state index contributed by atoms with van der Waals surface area (Å²) in [5.74, 6) is 5.53. The van der Waals surface area contributed by atoms with Crippen molar-refractivity contribution in [2.24, 2.45) is 0 Å². The molecule has 12 heteroatoms. The highest BCUT2D eigenvalue weighted by molar-refractivity contribution is 5.95. The van der Waals surface area contributed by atoms with Crippen LogP contribution in [-0.4, -0.2) is 80.4 Å². The predicted octanol–water partition coefficient (Wildman–Crippen LogP) is 5.39. The predicted molar refractivity (Wildman–Crippen MR) is 162 cm³/mol. The van der Waals surface area contributed by atoms with E-state index in [2.05, 4.69) is 32.7 Å². The van der Waals surface area contributed by atoms with Crippen molar-refractivity contribution in [3.63, 3.8) is 0 Å². The number of alkyl halides is 4. The first-order chi connectivity index (χ1) is 21.3. The van der Waals surface area contributed by atoms with E-state index in [1.54, 1.807) is 30.3 Å². The Morgan fingerprint density at radius 3 is 2.55 bits per heavy atom. The number of fused-ring (bicyclic) bond motifs is 1. The molecule has 5 rings (SSSR count). The minimum Gasteiger partial charge on any atom is -0.461 e. The fourth-order valence-corrected chi connectivity index (χ4v) is 6.02. The highest BCUT2D eigenvalue weighted by Crippen LogP contribution is 2.33. The van der Waals surface area contributed by atoms with E-state index in [0.717, 1.165) is 57.7 Å². The van der Waals surface area contributed by atoms with Gasteiger partial charge in [-0.1, -0.05) is 12.0 Å². The summed E-state index contributed by atoms with van der Waals surface area (Å²) in [6.07, 6.45) is -0.332. The summed E-state index contributed by atoms with van der Waals surface area (Å²) in [6, 6.07) is 12.3. The van der Waals surface area contributed by atoms with Crippen molar-refractivity contribution in [2.75, 3.05) is 57.4 Å². The number of ether oxygens (including phenoxy) is 2. The van der Waals surface area contributed by atoms with Crippen LogP contribution in [0.1, 0.15) is 41.7 Å². The average Bonchev–Trinajstić information content (AvgIpc) is 3.37. The van der Waals surface area contributed by atoms with E-state index < -0.39 is 19.6 Å². The second-order valence-corrected chi connectivity index (χ2v) is 11.0. The number of carbonyl (C=O) groups is 1. The number of amides is 1. The lowest BCUT2D eigenvalue weighted by Gasteiger charge is -2.39. The van der Waals surface area contributed by atoms with Gasteiger partial charge in [-0.15, -0.1) is 0 Å². The monoisotopic (exact) mass is 615 g/mol. The van der Waals surface area contributed by atoms with Crippen LogP contribution in [0.15, 0.2) is 42.5 Å². The van der Waals surface area contributed by atoms with E-state index in [9.17, 15) is 22.4 Å². The molecule has 44 heavy (non-hydrogen) atoms. The van der Waals surface area contributed by atoms with Gasteiger partial charge in [-0.3, -0.25) is 9.69 Å². The highest BCUT2D eigenvalue weighted by atomic mass is 19.4.